The van der Waals surface area contributed by atoms with Gasteiger partial charge in [-0.1, -0.05) is 32.6 Å². The zero-order valence-electron chi connectivity index (χ0n) is 10.5. The topological polar surface area (TPSA) is 61.9 Å². The summed E-state index contributed by atoms with van der Waals surface area (Å²) in [6.07, 6.45) is 6.55. The molecule has 4 atom stereocenters. The molecule has 0 aromatic heterocycles. The molecule has 98 valence electrons. The molecule has 1 saturated carbocycles. The summed E-state index contributed by atoms with van der Waals surface area (Å²) in [6.45, 7) is 2.13. The standard InChI is InChI=1S/C13H23NO3/c1-2-3-8-11-12(17-11)13(16)14-9-6-4-5-7-10(9)15/h9-12,15H,2-8H2,1H3,(H,14,16)/t9-,10-,11+,12-/m0/s1. The van der Waals surface area contributed by atoms with E-state index in [4.69, 9.17) is 4.74 Å². The van der Waals surface area contributed by atoms with Gasteiger partial charge in [0.1, 0.15) is 0 Å². The van der Waals surface area contributed by atoms with E-state index >= 15 is 0 Å². The normalized spacial score (nSPS) is 36.6. The van der Waals surface area contributed by atoms with Gasteiger partial charge in [-0.25, -0.2) is 0 Å². The minimum absolute atomic E-state index is 0.0305. The molecule has 1 aliphatic carbocycles. The van der Waals surface area contributed by atoms with Crippen molar-refractivity contribution < 1.29 is 14.6 Å². The lowest BCUT2D eigenvalue weighted by Crippen LogP contribution is -2.46. The van der Waals surface area contributed by atoms with Crippen LogP contribution in [0.5, 0.6) is 0 Å². The van der Waals surface area contributed by atoms with Gasteiger partial charge in [-0.2, -0.15) is 0 Å². The summed E-state index contributed by atoms with van der Waals surface area (Å²) in [5.74, 6) is -0.0305. The van der Waals surface area contributed by atoms with Crippen molar-refractivity contribution in [1.82, 2.24) is 5.32 Å². The summed E-state index contributed by atoms with van der Waals surface area (Å²) in [5.41, 5.74) is 0. The van der Waals surface area contributed by atoms with E-state index in [9.17, 15) is 9.90 Å². The van der Waals surface area contributed by atoms with E-state index in [2.05, 4.69) is 12.2 Å². The SMILES string of the molecule is CCCC[C@H]1O[C@@H]1C(=O)N[C@H]1CCCC[C@@H]1O. The van der Waals surface area contributed by atoms with Gasteiger partial charge >= 0.3 is 0 Å². The van der Waals surface area contributed by atoms with Crippen LogP contribution in [0.1, 0.15) is 51.9 Å². The molecule has 2 aliphatic rings. The van der Waals surface area contributed by atoms with Crippen molar-refractivity contribution in [2.24, 2.45) is 0 Å². The summed E-state index contributed by atoms with van der Waals surface area (Å²) in [5, 5.41) is 12.7. The number of hydrogen-bond donors (Lipinski definition) is 2. The first-order valence-electron chi connectivity index (χ1n) is 6.86. The average molecular weight is 241 g/mol. The Hall–Kier alpha value is -0.610. The van der Waals surface area contributed by atoms with E-state index in [0.717, 1.165) is 44.9 Å². The number of hydrogen-bond acceptors (Lipinski definition) is 3. The molecule has 1 saturated heterocycles. The van der Waals surface area contributed by atoms with Gasteiger partial charge in [0.25, 0.3) is 5.91 Å². The Bertz CT molecular complexity index is 269. The van der Waals surface area contributed by atoms with Crippen molar-refractivity contribution in [3.8, 4) is 0 Å². The molecule has 0 aromatic rings. The van der Waals surface area contributed by atoms with Gasteiger partial charge < -0.3 is 15.2 Å². The highest BCUT2D eigenvalue weighted by Crippen LogP contribution is 2.28. The van der Waals surface area contributed by atoms with Crippen LogP contribution in [-0.2, 0) is 9.53 Å². The molecule has 2 N–H and O–H groups in total. The number of epoxide rings is 1. The van der Waals surface area contributed by atoms with Crippen LogP contribution >= 0.6 is 0 Å². The van der Waals surface area contributed by atoms with Gasteiger partial charge in [-0.3, -0.25) is 4.79 Å². The Morgan fingerprint density at radius 1 is 1.41 bits per heavy atom. The Kier molecular flexibility index (Phi) is 4.40. The molecule has 2 fully saturated rings. The zero-order valence-corrected chi connectivity index (χ0v) is 10.5. The molecule has 0 unspecified atom stereocenters. The summed E-state index contributed by atoms with van der Waals surface area (Å²) >= 11 is 0. The summed E-state index contributed by atoms with van der Waals surface area (Å²) in [7, 11) is 0. The van der Waals surface area contributed by atoms with Crippen LogP contribution in [0.4, 0.5) is 0 Å². The first-order valence-corrected chi connectivity index (χ1v) is 6.86. The van der Waals surface area contributed by atoms with Crippen LogP contribution < -0.4 is 5.32 Å². The number of unbranched alkanes of at least 4 members (excludes halogenated alkanes) is 1. The van der Waals surface area contributed by atoms with E-state index in [1.54, 1.807) is 0 Å². The number of ether oxygens (including phenoxy) is 1. The Balaban J connectivity index is 1.71. The van der Waals surface area contributed by atoms with E-state index in [-0.39, 0.29) is 30.3 Å². The van der Waals surface area contributed by atoms with E-state index < -0.39 is 0 Å². The smallest absolute Gasteiger partial charge is 0.252 e. The number of carbonyl (C=O) groups is 1. The van der Waals surface area contributed by atoms with Gasteiger partial charge in [0.15, 0.2) is 6.10 Å². The number of carbonyl (C=O) groups excluding carboxylic acids is 1. The molecular weight excluding hydrogens is 218 g/mol. The zero-order chi connectivity index (χ0) is 12.3. The highest BCUT2D eigenvalue weighted by molar-refractivity contribution is 5.84. The maximum absolute atomic E-state index is 11.8. The number of amides is 1. The first-order chi connectivity index (χ1) is 8.22. The van der Waals surface area contributed by atoms with Crippen LogP contribution in [0.25, 0.3) is 0 Å². The average Bonchev–Trinajstić information content (AvgIpc) is 3.09. The van der Waals surface area contributed by atoms with Crippen LogP contribution in [-0.4, -0.2) is 35.4 Å². The third-order valence-corrected chi connectivity index (χ3v) is 3.74. The molecule has 4 heteroatoms. The van der Waals surface area contributed by atoms with Crippen molar-refractivity contribution in [1.29, 1.82) is 0 Å². The van der Waals surface area contributed by atoms with Crippen LogP contribution in [0.2, 0.25) is 0 Å². The molecule has 1 aliphatic heterocycles. The minimum atomic E-state index is -0.374. The van der Waals surface area contributed by atoms with Crippen LogP contribution in [0.15, 0.2) is 0 Å². The Labute approximate surface area is 103 Å². The molecule has 0 bridgehead atoms. The maximum atomic E-state index is 11.8. The molecule has 1 heterocycles. The third-order valence-electron chi connectivity index (χ3n) is 3.74. The highest BCUT2D eigenvalue weighted by atomic mass is 16.6. The lowest BCUT2D eigenvalue weighted by Gasteiger charge is -2.28. The van der Waals surface area contributed by atoms with Crippen molar-refractivity contribution in [2.45, 2.75) is 76.2 Å². The van der Waals surface area contributed by atoms with Gasteiger partial charge in [0, 0.05) is 0 Å². The number of rotatable bonds is 5. The lowest BCUT2D eigenvalue weighted by molar-refractivity contribution is -0.124. The highest BCUT2D eigenvalue weighted by Gasteiger charge is 2.45. The monoisotopic (exact) mass is 241 g/mol. The fraction of sp³-hybridized carbons (Fsp3) is 0.923. The molecule has 4 nitrogen and oxygen atoms in total. The van der Waals surface area contributed by atoms with Crippen molar-refractivity contribution in [2.75, 3.05) is 0 Å². The molecular formula is C13H23NO3. The minimum Gasteiger partial charge on any atom is -0.391 e. The van der Waals surface area contributed by atoms with Crippen LogP contribution in [0, 0.1) is 0 Å². The number of aliphatic hydroxyl groups excluding tert-OH is 1. The van der Waals surface area contributed by atoms with Gasteiger partial charge in [0.05, 0.1) is 18.2 Å². The van der Waals surface area contributed by atoms with Crippen molar-refractivity contribution >= 4 is 5.91 Å². The van der Waals surface area contributed by atoms with Gasteiger partial charge in [-0.05, 0) is 19.3 Å². The molecule has 17 heavy (non-hydrogen) atoms. The molecule has 0 aromatic carbocycles. The number of aliphatic hydroxyl groups is 1. The summed E-state index contributed by atoms with van der Waals surface area (Å²) in [4.78, 5) is 11.8. The maximum Gasteiger partial charge on any atom is 0.252 e. The molecule has 0 radical (unpaired) electrons. The number of nitrogens with one attached hydrogen (secondary N) is 1. The van der Waals surface area contributed by atoms with Gasteiger partial charge in [-0.15, -0.1) is 0 Å². The predicted octanol–water partition coefficient (Wildman–Crippen LogP) is 1.36. The largest absolute Gasteiger partial charge is 0.391 e. The van der Waals surface area contributed by atoms with Crippen molar-refractivity contribution in [3.05, 3.63) is 0 Å². The predicted molar refractivity (Wildman–Crippen MR) is 64.6 cm³/mol. The quantitative estimate of drug-likeness (QED) is 0.714. The van der Waals surface area contributed by atoms with E-state index in [0.29, 0.717) is 0 Å². The fourth-order valence-electron chi connectivity index (χ4n) is 2.54. The molecule has 0 spiro atoms. The Morgan fingerprint density at radius 2 is 2.18 bits per heavy atom. The fourth-order valence-corrected chi connectivity index (χ4v) is 2.54. The Morgan fingerprint density at radius 3 is 2.88 bits per heavy atom. The lowest BCUT2D eigenvalue weighted by atomic mass is 9.92. The second-order valence-electron chi connectivity index (χ2n) is 5.20. The van der Waals surface area contributed by atoms with Crippen molar-refractivity contribution in [3.63, 3.8) is 0 Å². The van der Waals surface area contributed by atoms with E-state index in [1.165, 1.54) is 0 Å². The third kappa shape index (κ3) is 3.42. The van der Waals surface area contributed by atoms with E-state index in [1.807, 2.05) is 0 Å². The second kappa shape index (κ2) is 5.83. The second-order valence-corrected chi connectivity index (χ2v) is 5.20. The molecule has 2 rings (SSSR count). The molecule has 1 amide bonds. The van der Waals surface area contributed by atoms with Gasteiger partial charge in [0.2, 0.25) is 0 Å². The summed E-state index contributed by atoms with van der Waals surface area (Å²) in [6, 6.07) is -0.0627. The summed E-state index contributed by atoms with van der Waals surface area (Å²) < 4.78 is 5.36. The first kappa shape index (κ1) is 12.8. The van der Waals surface area contributed by atoms with Crippen LogP contribution in [0.3, 0.4) is 0 Å².